The van der Waals surface area contributed by atoms with Gasteiger partial charge < -0.3 is 9.32 Å². The van der Waals surface area contributed by atoms with Crippen LogP contribution in [0.2, 0.25) is 0 Å². The first kappa shape index (κ1) is 18.9. The lowest BCUT2D eigenvalue weighted by atomic mass is 9.98. The third kappa shape index (κ3) is 3.88. The molecule has 1 aliphatic heterocycles. The molecule has 0 saturated carbocycles. The number of aryl methyl sites for hydroxylation is 3. The van der Waals surface area contributed by atoms with Gasteiger partial charge in [-0.2, -0.15) is 0 Å². The van der Waals surface area contributed by atoms with Crippen molar-refractivity contribution in [1.29, 1.82) is 0 Å². The quantitative estimate of drug-likeness (QED) is 0.661. The van der Waals surface area contributed by atoms with E-state index in [1.165, 1.54) is 5.56 Å². The summed E-state index contributed by atoms with van der Waals surface area (Å²) < 4.78 is 5.42. The van der Waals surface area contributed by atoms with Crippen molar-refractivity contribution < 1.29 is 9.21 Å². The van der Waals surface area contributed by atoms with Crippen molar-refractivity contribution in [3.05, 3.63) is 63.2 Å². The maximum Gasteiger partial charge on any atom is 0.254 e. The number of aromatic nitrogens is 1. The molecule has 5 nitrogen and oxygen atoms in total. The van der Waals surface area contributed by atoms with Crippen molar-refractivity contribution in [3.8, 4) is 11.5 Å². The molecule has 0 atom stereocenters. The molecule has 28 heavy (non-hydrogen) atoms. The summed E-state index contributed by atoms with van der Waals surface area (Å²) in [5.74, 6) is 0.964. The summed E-state index contributed by atoms with van der Waals surface area (Å²) in [4.78, 5) is 22.1. The maximum absolute atomic E-state index is 13.0. The van der Waals surface area contributed by atoms with Gasteiger partial charge in [-0.25, -0.2) is 4.98 Å². The Hall–Kier alpha value is -2.44. The summed E-state index contributed by atoms with van der Waals surface area (Å²) in [6.45, 7) is 10.2. The van der Waals surface area contributed by atoms with Crippen molar-refractivity contribution in [2.75, 3.05) is 26.2 Å². The lowest BCUT2D eigenvalue weighted by Gasteiger charge is -2.34. The highest BCUT2D eigenvalue weighted by Crippen LogP contribution is 2.24. The van der Waals surface area contributed by atoms with Gasteiger partial charge >= 0.3 is 0 Å². The molecule has 1 saturated heterocycles. The van der Waals surface area contributed by atoms with Crippen molar-refractivity contribution in [3.63, 3.8) is 0 Å². The monoisotopic (exact) mass is 395 g/mol. The minimum absolute atomic E-state index is 0.156. The van der Waals surface area contributed by atoms with Gasteiger partial charge in [-0.3, -0.25) is 9.69 Å². The molecule has 0 N–H and O–H groups in total. The first-order valence-electron chi connectivity index (χ1n) is 9.59. The first-order chi connectivity index (χ1) is 13.5. The Kier molecular flexibility index (Phi) is 5.33. The average Bonchev–Trinajstić information content (AvgIpc) is 3.33. The van der Waals surface area contributed by atoms with Crippen molar-refractivity contribution in [2.45, 2.75) is 27.3 Å². The van der Waals surface area contributed by atoms with Crippen LogP contribution >= 0.6 is 11.3 Å². The van der Waals surface area contributed by atoms with Gasteiger partial charge in [-0.15, -0.1) is 11.3 Å². The van der Waals surface area contributed by atoms with Crippen LogP contribution in [-0.2, 0) is 6.54 Å². The van der Waals surface area contributed by atoms with Crippen LogP contribution in [0.25, 0.3) is 11.5 Å². The highest BCUT2D eigenvalue weighted by Gasteiger charge is 2.25. The molecule has 0 radical (unpaired) electrons. The van der Waals surface area contributed by atoms with E-state index in [1.807, 2.05) is 36.3 Å². The van der Waals surface area contributed by atoms with E-state index in [9.17, 15) is 4.79 Å². The number of hydrogen-bond donors (Lipinski definition) is 0. The Bertz CT molecular complexity index is 947. The number of amides is 1. The van der Waals surface area contributed by atoms with Gasteiger partial charge in [0.25, 0.3) is 5.91 Å². The Balaban J connectivity index is 1.37. The number of benzene rings is 1. The fraction of sp³-hybridized carbons (Fsp3) is 0.364. The third-order valence-corrected chi connectivity index (χ3v) is 6.07. The van der Waals surface area contributed by atoms with Crippen LogP contribution in [0.15, 0.2) is 40.3 Å². The number of thiazole rings is 1. The zero-order chi connectivity index (χ0) is 19.7. The van der Waals surface area contributed by atoms with Crippen molar-refractivity contribution in [1.82, 2.24) is 14.8 Å². The van der Waals surface area contributed by atoms with Crippen LogP contribution in [0.4, 0.5) is 0 Å². The molecule has 0 aliphatic carbocycles. The summed E-state index contributed by atoms with van der Waals surface area (Å²) >= 11 is 1.66. The lowest BCUT2D eigenvalue weighted by Crippen LogP contribution is -2.48. The number of piperazine rings is 1. The molecule has 0 unspecified atom stereocenters. The summed E-state index contributed by atoms with van der Waals surface area (Å²) in [6, 6.07) is 7.99. The highest BCUT2D eigenvalue weighted by atomic mass is 32.1. The van der Waals surface area contributed by atoms with Crippen molar-refractivity contribution >= 4 is 17.2 Å². The molecule has 0 bridgehead atoms. The molecule has 2 aromatic heterocycles. The van der Waals surface area contributed by atoms with Crippen LogP contribution in [-0.4, -0.2) is 46.9 Å². The van der Waals surface area contributed by atoms with Crippen LogP contribution < -0.4 is 0 Å². The van der Waals surface area contributed by atoms with Gasteiger partial charge in [-0.05, 0) is 44.0 Å². The van der Waals surface area contributed by atoms with E-state index in [2.05, 4.69) is 28.9 Å². The Morgan fingerprint density at radius 3 is 2.50 bits per heavy atom. The van der Waals surface area contributed by atoms with Crippen molar-refractivity contribution in [2.24, 2.45) is 0 Å². The van der Waals surface area contributed by atoms with Crippen LogP contribution in [0.5, 0.6) is 0 Å². The predicted octanol–water partition coefficient (Wildman–Crippen LogP) is 4.29. The third-order valence-electron chi connectivity index (χ3n) is 5.23. The van der Waals surface area contributed by atoms with Gasteiger partial charge in [0.15, 0.2) is 5.76 Å². The van der Waals surface area contributed by atoms with E-state index in [1.54, 1.807) is 17.6 Å². The lowest BCUT2D eigenvalue weighted by molar-refractivity contribution is 0.0627. The van der Waals surface area contributed by atoms with E-state index in [0.29, 0.717) is 0 Å². The first-order valence-corrected chi connectivity index (χ1v) is 10.5. The Morgan fingerprint density at radius 2 is 1.86 bits per heavy atom. The van der Waals surface area contributed by atoms with Gasteiger partial charge in [0.2, 0.25) is 0 Å². The van der Waals surface area contributed by atoms with E-state index in [0.717, 1.165) is 65.9 Å². The number of carbonyl (C=O) groups excluding carboxylic acids is 1. The molecule has 6 heteroatoms. The molecule has 3 aromatic rings. The standard InChI is InChI=1S/C22H25N3O2S/c1-15-11-16(2)21(17(3)12-15)22(26)25-8-6-24(7-9-25)13-20-23-18(14-28-20)19-5-4-10-27-19/h4-5,10-12,14H,6-9,13H2,1-3H3. The number of rotatable bonds is 4. The average molecular weight is 396 g/mol. The fourth-order valence-corrected chi connectivity index (χ4v) is 4.72. The Labute approximate surface area is 169 Å². The van der Waals surface area contributed by atoms with Crippen LogP contribution in [0, 0.1) is 20.8 Å². The molecule has 146 valence electrons. The summed E-state index contributed by atoms with van der Waals surface area (Å²) in [5, 5.41) is 3.12. The van der Waals surface area contributed by atoms with Gasteiger partial charge in [0, 0.05) is 37.1 Å². The molecule has 1 amide bonds. The van der Waals surface area contributed by atoms with E-state index < -0.39 is 0 Å². The number of hydrogen-bond acceptors (Lipinski definition) is 5. The smallest absolute Gasteiger partial charge is 0.254 e. The van der Waals surface area contributed by atoms with Crippen LogP contribution in [0.3, 0.4) is 0 Å². The molecular weight excluding hydrogens is 370 g/mol. The molecular formula is C22H25N3O2S. The second-order valence-corrected chi connectivity index (χ2v) is 8.39. The number of nitrogens with zero attached hydrogens (tertiary/aromatic N) is 3. The molecule has 3 heterocycles. The zero-order valence-electron chi connectivity index (χ0n) is 16.6. The second-order valence-electron chi connectivity index (χ2n) is 7.45. The van der Waals surface area contributed by atoms with E-state index in [4.69, 9.17) is 4.42 Å². The highest BCUT2D eigenvalue weighted by molar-refractivity contribution is 7.09. The maximum atomic E-state index is 13.0. The number of carbonyl (C=O) groups is 1. The normalized spacial score (nSPS) is 15.2. The Morgan fingerprint density at radius 1 is 1.14 bits per heavy atom. The summed E-state index contributed by atoms with van der Waals surface area (Å²) in [6.07, 6.45) is 1.67. The largest absolute Gasteiger partial charge is 0.463 e. The minimum atomic E-state index is 0.156. The molecule has 1 aliphatic rings. The summed E-state index contributed by atoms with van der Waals surface area (Å²) in [7, 11) is 0. The molecule has 4 rings (SSSR count). The van der Waals surface area contributed by atoms with Gasteiger partial charge in [0.1, 0.15) is 10.7 Å². The van der Waals surface area contributed by atoms with Crippen LogP contribution in [0.1, 0.15) is 32.1 Å². The fourth-order valence-electron chi connectivity index (χ4n) is 3.90. The SMILES string of the molecule is Cc1cc(C)c(C(=O)N2CCN(Cc3nc(-c4ccco4)cs3)CC2)c(C)c1. The van der Waals surface area contributed by atoms with Gasteiger partial charge in [0.05, 0.1) is 12.8 Å². The van der Waals surface area contributed by atoms with E-state index in [-0.39, 0.29) is 5.91 Å². The predicted molar refractivity (Wildman–Crippen MR) is 112 cm³/mol. The topological polar surface area (TPSA) is 49.6 Å². The zero-order valence-corrected chi connectivity index (χ0v) is 17.4. The van der Waals surface area contributed by atoms with E-state index >= 15 is 0 Å². The molecule has 1 aromatic carbocycles. The van der Waals surface area contributed by atoms with Gasteiger partial charge in [-0.1, -0.05) is 17.7 Å². The molecule has 1 fully saturated rings. The second kappa shape index (κ2) is 7.89. The minimum Gasteiger partial charge on any atom is -0.463 e. The number of furan rings is 1. The molecule has 0 spiro atoms. The summed E-state index contributed by atoms with van der Waals surface area (Å²) in [5.41, 5.74) is 5.09.